The summed E-state index contributed by atoms with van der Waals surface area (Å²) in [6.45, 7) is 2.57. The Balaban J connectivity index is 1.36. The van der Waals surface area contributed by atoms with Crippen molar-refractivity contribution in [2.45, 2.75) is 32.1 Å². The predicted octanol–water partition coefficient (Wildman–Crippen LogP) is 2.49. The summed E-state index contributed by atoms with van der Waals surface area (Å²) in [5.41, 5.74) is 4.61. The molecule has 2 aromatic rings. The lowest BCUT2D eigenvalue weighted by molar-refractivity contribution is -0.130. The molecule has 0 radical (unpaired) electrons. The van der Waals surface area contributed by atoms with Crippen LogP contribution in [0.5, 0.6) is 0 Å². The predicted molar refractivity (Wildman–Crippen MR) is 104 cm³/mol. The van der Waals surface area contributed by atoms with Crippen molar-refractivity contribution < 1.29 is 9.59 Å². The SMILES string of the molecule is O=C(Cc1ccc2c(c1)CCC2)N1CCCN(C(=O)c2ccncc2)CC1. The van der Waals surface area contributed by atoms with Crippen LogP contribution < -0.4 is 0 Å². The lowest BCUT2D eigenvalue weighted by Gasteiger charge is -2.22. The standard InChI is InChI=1S/C22H25N3O2/c26-21(16-17-5-6-18-3-1-4-20(18)15-17)24-11-2-12-25(14-13-24)22(27)19-7-9-23-10-8-19/h5-10,15H,1-4,11-14,16H2. The van der Waals surface area contributed by atoms with E-state index in [1.165, 1.54) is 17.5 Å². The third-order valence-corrected chi connectivity index (χ3v) is 5.58. The van der Waals surface area contributed by atoms with Crippen molar-refractivity contribution in [3.05, 3.63) is 65.0 Å². The number of carbonyl (C=O) groups is 2. The van der Waals surface area contributed by atoms with Crippen LogP contribution in [0.2, 0.25) is 0 Å². The fourth-order valence-corrected chi connectivity index (χ4v) is 4.07. The lowest BCUT2D eigenvalue weighted by Crippen LogP contribution is -2.38. The van der Waals surface area contributed by atoms with E-state index >= 15 is 0 Å². The Kier molecular flexibility index (Phi) is 5.19. The van der Waals surface area contributed by atoms with Gasteiger partial charge in [-0.05, 0) is 54.5 Å². The topological polar surface area (TPSA) is 53.5 Å². The molecule has 5 heteroatoms. The van der Waals surface area contributed by atoms with Gasteiger partial charge in [0.25, 0.3) is 5.91 Å². The molecule has 5 nitrogen and oxygen atoms in total. The molecule has 1 aliphatic heterocycles. The Morgan fingerprint density at radius 1 is 0.852 bits per heavy atom. The highest BCUT2D eigenvalue weighted by molar-refractivity contribution is 5.94. The molecule has 1 aromatic carbocycles. The number of hydrogen-bond donors (Lipinski definition) is 0. The van der Waals surface area contributed by atoms with Gasteiger partial charge in [-0.15, -0.1) is 0 Å². The average Bonchev–Trinajstić information content (AvgIpc) is 3.02. The third kappa shape index (κ3) is 4.02. The Hall–Kier alpha value is -2.69. The number of fused-ring (bicyclic) bond motifs is 1. The fraction of sp³-hybridized carbons (Fsp3) is 0.409. The molecule has 0 unspecified atom stereocenters. The Bertz CT molecular complexity index is 835. The number of hydrogen-bond acceptors (Lipinski definition) is 3. The first-order valence-electron chi connectivity index (χ1n) is 9.78. The minimum atomic E-state index is 0.0188. The molecule has 4 rings (SSSR count). The van der Waals surface area contributed by atoms with E-state index in [9.17, 15) is 9.59 Å². The van der Waals surface area contributed by atoms with Crippen LogP contribution in [-0.2, 0) is 24.1 Å². The van der Waals surface area contributed by atoms with Gasteiger partial charge in [-0.25, -0.2) is 0 Å². The quantitative estimate of drug-likeness (QED) is 0.842. The van der Waals surface area contributed by atoms with Crippen molar-refractivity contribution in [1.82, 2.24) is 14.8 Å². The average molecular weight is 363 g/mol. The first-order valence-corrected chi connectivity index (χ1v) is 9.78. The van der Waals surface area contributed by atoms with E-state index in [2.05, 4.69) is 23.2 Å². The molecule has 2 aliphatic rings. The number of amides is 2. The van der Waals surface area contributed by atoms with Crippen LogP contribution in [0.25, 0.3) is 0 Å². The van der Waals surface area contributed by atoms with E-state index in [0.717, 1.165) is 24.8 Å². The summed E-state index contributed by atoms with van der Waals surface area (Å²) >= 11 is 0. The zero-order chi connectivity index (χ0) is 18.6. The smallest absolute Gasteiger partial charge is 0.254 e. The molecule has 1 fully saturated rings. The molecule has 27 heavy (non-hydrogen) atoms. The van der Waals surface area contributed by atoms with Crippen LogP contribution in [0.1, 0.15) is 39.9 Å². The highest BCUT2D eigenvalue weighted by Crippen LogP contribution is 2.23. The molecule has 2 amide bonds. The number of aryl methyl sites for hydroxylation is 2. The van der Waals surface area contributed by atoms with E-state index in [1.807, 2.05) is 9.80 Å². The van der Waals surface area contributed by atoms with E-state index in [-0.39, 0.29) is 11.8 Å². The van der Waals surface area contributed by atoms with Crippen molar-refractivity contribution in [3.8, 4) is 0 Å². The second-order valence-electron chi connectivity index (χ2n) is 7.40. The monoisotopic (exact) mass is 363 g/mol. The maximum absolute atomic E-state index is 12.8. The molecular formula is C22H25N3O2. The Morgan fingerprint density at radius 3 is 2.44 bits per heavy atom. The first kappa shape index (κ1) is 17.7. The number of rotatable bonds is 3. The Morgan fingerprint density at radius 2 is 1.59 bits per heavy atom. The summed E-state index contributed by atoms with van der Waals surface area (Å²) in [4.78, 5) is 33.1. The van der Waals surface area contributed by atoms with Crippen molar-refractivity contribution in [2.75, 3.05) is 26.2 Å². The second-order valence-corrected chi connectivity index (χ2v) is 7.40. The molecule has 2 heterocycles. The maximum Gasteiger partial charge on any atom is 0.254 e. The van der Waals surface area contributed by atoms with E-state index in [1.54, 1.807) is 24.5 Å². The fourth-order valence-electron chi connectivity index (χ4n) is 4.07. The molecule has 0 atom stereocenters. The lowest BCUT2D eigenvalue weighted by atomic mass is 10.0. The largest absolute Gasteiger partial charge is 0.341 e. The van der Waals surface area contributed by atoms with Gasteiger partial charge in [0.05, 0.1) is 6.42 Å². The molecule has 0 saturated carbocycles. The minimum absolute atomic E-state index is 0.0188. The van der Waals surface area contributed by atoms with Crippen LogP contribution in [0.15, 0.2) is 42.7 Å². The van der Waals surface area contributed by atoms with Gasteiger partial charge in [0.2, 0.25) is 5.91 Å². The summed E-state index contributed by atoms with van der Waals surface area (Å²) in [6.07, 6.45) is 8.05. The highest BCUT2D eigenvalue weighted by Gasteiger charge is 2.23. The highest BCUT2D eigenvalue weighted by atomic mass is 16.2. The summed E-state index contributed by atoms with van der Waals surface area (Å²) in [5.74, 6) is 0.177. The third-order valence-electron chi connectivity index (χ3n) is 5.58. The molecule has 0 spiro atoms. The van der Waals surface area contributed by atoms with E-state index in [4.69, 9.17) is 0 Å². The van der Waals surface area contributed by atoms with Crippen molar-refractivity contribution in [3.63, 3.8) is 0 Å². The van der Waals surface area contributed by atoms with Gasteiger partial charge in [0.15, 0.2) is 0 Å². The molecule has 0 bridgehead atoms. The molecule has 1 saturated heterocycles. The molecule has 1 aromatic heterocycles. The van der Waals surface area contributed by atoms with Crippen molar-refractivity contribution >= 4 is 11.8 Å². The van der Waals surface area contributed by atoms with Crippen LogP contribution >= 0.6 is 0 Å². The number of pyridine rings is 1. The number of benzene rings is 1. The molecule has 140 valence electrons. The van der Waals surface area contributed by atoms with Crippen LogP contribution in [0.3, 0.4) is 0 Å². The number of aromatic nitrogens is 1. The van der Waals surface area contributed by atoms with E-state index < -0.39 is 0 Å². The molecule has 1 aliphatic carbocycles. The normalized spacial score (nSPS) is 16.7. The van der Waals surface area contributed by atoms with E-state index in [0.29, 0.717) is 38.2 Å². The zero-order valence-corrected chi connectivity index (χ0v) is 15.6. The zero-order valence-electron chi connectivity index (χ0n) is 15.6. The van der Waals surface area contributed by atoms with Crippen molar-refractivity contribution in [2.24, 2.45) is 0 Å². The Labute approximate surface area is 160 Å². The molecule has 0 N–H and O–H groups in total. The van der Waals surface area contributed by atoms with Crippen LogP contribution in [0.4, 0.5) is 0 Å². The van der Waals surface area contributed by atoms with Gasteiger partial charge in [0.1, 0.15) is 0 Å². The van der Waals surface area contributed by atoms with Crippen molar-refractivity contribution in [1.29, 1.82) is 0 Å². The van der Waals surface area contributed by atoms with Gasteiger partial charge < -0.3 is 9.80 Å². The minimum Gasteiger partial charge on any atom is -0.341 e. The van der Waals surface area contributed by atoms with Gasteiger partial charge in [-0.3, -0.25) is 14.6 Å². The summed E-state index contributed by atoms with van der Waals surface area (Å²) in [5, 5.41) is 0. The van der Waals surface area contributed by atoms with Gasteiger partial charge in [-0.1, -0.05) is 18.2 Å². The first-order chi connectivity index (χ1) is 13.2. The van der Waals surface area contributed by atoms with Crippen LogP contribution in [0, 0.1) is 0 Å². The second kappa shape index (κ2) is 7.91. The van der Waals surface area contributed by atoms with Gasteiger partial charge >= 0.3 is 0 Å². The molecular weight excluding hydrogens is 338 g/mol. The maximum atomic E-state index is 12.8. The number of carbonyl (C=O) groups excluding carboxylic acids is 2. The summed E-state index contributed by atoms with van der Waals surface area (Å²) in [7, 11) is 0. The number of nitrogens with zero attached hydrogens (tertiary/aromatic N) is 3. The van der Waals surface area contributed by atoms with Gasteiger partial charge in [0, 0.05) is 44.1 Å². The van der Waals surface area contributed by atoms with Crippen LogP contribution in [-0.4, -0.2) is 52.8 Å². The summed E-state index contributed by atoms with van der Waals surface area (Å²) in [6, 6.07) is 9.97. The van der Waals surface area contributed by atoms with Gasteiger partial charge in [-0.2, -0.15) is 0 Å². The summed E-state index contributed by atoms with van der Waals surface area (Å²) < 4.78 is 0.